The number of carbonyl (C=O) groups is 1. The van der Waals surface area contributed by atoms with Gasteiger partial charge in [-0.3, -0.25) is 4.79 Å². The molecule has 0 aromatic carbocycles. The van der Waals surface area contributed by atoms with Crippen molar-refractivity contribution in [3.05, 3.63) is 0 Å². The molecule has 0 aromatic heterocycles. The van der Waals surface area contributed by atoms with Crippen molar-refractivity contribution in [2.45, 2.75) is 13.5 Å². The van der Waals surface area contributed by atoms with Crippen LogP contribution in [0.1, 0.15) is 6.92 Å². The lowest BCUT2D eigenvalue weighted by Gasteiger charge is -2.22. The van der Waals surface area contributed by atoms with Gasteiger partial charge >= 0.3 is 8.56 Å². The van der Waals surface area contributed by atoms with Gasteiger partial charge in [-0.2, -0.15) is 0 Å². The maximum absolute atomic E-state index is 10.5. The number of hydrogen-bond acceptors (Lipinski definition) is 3. The van der Waals surface area contributed by atoms with E-state index in [1.54, 1.807) is 14.2 Å². The van der Waals surface area contributed by atoms with Crippen LogP contribution >= 0.6 is 0 Å². The van der Waals surface area contributed by atoms with E-state index in [2.05, 4.69) is 5.32 Å². The standard InChI is InChI=1S/C6H15NO3Si/c1-6(8)7-5-11(4,9-2)10-3/h5H2,1-4H3,(H,7,8). The highest BCUT2D eigenvalue weighted by atomic mass is 28.4. The molecule has 0 rings (SSSR count). The van der Waals surface area contributed by atoms with Crippen LogP contribution in [-0.4, -0.2) is 34.9 Å². The molecular formula is C6H15NO3Si. The van der Waals surface area contributed by atoms with Gasteiger partial charge in [-0.25, -0.2) is 0 Å². The molecule has 0 saturated carbocycles. The van der Waals surface area contributed by atoms with Gasteiger partial charge < -0.3 is 14.2 Å². The summed E-state index contributed by atoms with van der Waals surface area (Å²) in [5, 5.41) is 2.66. The fourth-order valence-corrected chi connectivity index (χ4v) is 1.54. The minimum Gasteiger partial charge on any atom is -0.397 e. The normalized spacial score (nSPS) is 11.3. The lowest BCUT2D eigenvalue weighted by molar-refractivity contribution is -0.118. The largest absolute Gasteiger partial charge is 0.397 e. The van der Waals surface area contributed by atoms with E-state index in [1.165, 1.54) is 6.92 Å². The van der Waals surface area contributed by atoms with Crippen molar-refractivity contribution in [1.82, 2.24) is 5.32 Å². The van der Waals surface area contributed by atoms with Gasteiger partial charge in [-0.15, -0.1) is 0 Å². The first-order chi connectivity index (χ1) is 5.04. The zero-order valence-corrected chi connectivity index (χ0v) is 8.43. The molecule has 0 spiro atoms. The fourth-order valence-electron chi connectivity index (χ4n) is 0.513. The molecule has 0 aliphatic carbocycles. The van der Waals surface area contributed by atoms with Crippen molar-refractivity contribution in [2.75, 3.05) is 20.4 Å². The summed E-state index contributed by atoms with van der Waals surface area (Å²) in [5.74, 6) is -0.0576. The van der Waals surface area contributed by atoms with Gasteiger partial charge in [0.05, 0.1) is 6.17 Å². The molecule has 0 aliphatic heterocycles. The molecule has 0 atom stereocenters. The summed E-state index contributed by atoms with van der Waals surface area (Å²) in [6, 6.07) is 0. The fraction of sp³-hybridized carbons (Fsp3) is 0.833. The van der Waals surface area contributed by atoms with E-state index in [0.29, 0.717) is 6.17 Å². The maximum Gasteiger partial charge on any atom is 0.354 e. The molecule has 5 heteroatoms. The summed E-state index contributed by atoms with van der Waals surface area (Å²) >= 11 is 0. The van der Waals surface area contributed by atoms with E-state index >= 15 is 0 Å². The first-order valence-electron chi connectivity index (χ1n) is 3.39. The summed E-state index contributed by atoms with van der Waals surface area (Å²) in [5.41, 5.74) is 0. The monoisotopic (exact) mass is 177 g/mol. The highest BCUT2D eigenvalue weighted by Crippen LogP contribution is 2.01. The van der Waals surface area contributed by atoms with E-state index in [4.69, 9.17) is 8.85 Å². The Bertz CT molecular complexity index is 136. The Morgan fingerprint density at radius 3 is 2.18 bits per heavy atom. The summed E-state index contributed by atoms with van der Waals surface area (Å²) in [7, 11) is 1.10. The van der Waals surface area contributed by atoms with Gasteiger partial charge in [0, 0.05) is 21.1 Å². The summed E-state index contributed by atoms with van der Waals surface area (Å²) < 4.78 is 10.3. The van der Waals surface area contributed by atoms with E-state index in [-0.39, 0.29) is 5.91 Å². The van der Waals surface area contributed by atoms with Gasteiger partial charge in [-0.05, 0) is 6.55 Å². The third kappa shape index (κ3) is 4.13. The molecule has 11 heavy (non-hydrogen) atoms. The molecule has 0 saturated heterocycles. The van der Waals surface area contributed by atoms with Crippen LogP contribution in [-0.2, 0) is 13.6 Å². The average Bonchev–Trinajstić information content (AvgIpc) is 2.00. The number of nitrogens with one attached hydrogen (secondary N) is 1. The molecule has 0 radical (unpaired) electrons. The Balaban J connectivity index is 3.78. The summed E-state index contributed by atoms with van der Waals surface area (Å²) in [4.78, 5) is 10.5. The van der Waals surface area contributed by atoms with Crippen LogP contribution in [0.2, 0.25) is 6.55 Å². The SMILES string of the molecule is CO[Si](C)(CNC(C)=O)OC. The number of carbonyl (C=O) groups excluding carboxylic acids is 1. The second-order valence-electron chi connectivity index (χ2n) is 2.45. The Hall–Kier alpha value is -0.393. The third-order valence-electron chi connectivity index (χ3n) is 1.52. The Morgan fingerprint density at radius 1 is 1.45 bits per heavy atom. The molecule has 0 fully saturated rings. The second kappa shape index (κ2) is 4.48. The first kappa shape index (κ1) is 10.6. The van der Waals surface area contributed by atoms with Crippen LogP contribution in [0.4, 0.5) is 0 Å². The van der Waals surface area contributed by atoms with Crippen LogP contribution < -0.4 is 5.32 Å². The Morgan fingerprint density at radius 2 is 1.91 bits per heavy atom. The van der Waals surface area contributed by atoms with Gasteiger partial charge in [-0.1, -0.05) is 0 Å². The number of hydrogen-bond donors (Lipinski definition) is 1. The quantitative estimate of drug-likeness (QED) is 0.616. The van der Waals surface area contributed by atoms with Gasteiger partial charge in [0.25, 0.3) is 0 Å². The molecule has 66 valence electrons. The molecule has 0 bridgehead atoms. The molecular weight excluding hydrogens is 162 g/mol. The van der Waals surface area contributed by atoms with Crippen molar-refractivity contribution in [1.29, 1.82) is 0 Å². The van der Waals surface area contributed by atoms with E-state index in [0.717, 1.165) is 0 Å². The Labute approximate surface area is 68.1 Å². The van der Waals surface area contributed by atoms with Crippen molar-refractivity contribution >= 4 is 14.5 Å². The topological polar surface area (TPSA) is 47.6 Å². The van der Waals surface area contributed by atoms with Crippen molar-refractivity contribution in [3.63, 3.8) is 0 Å². The van der Waals surface area contributed by atoms with Crippen molar-refractivity contribution in [3.8, 4) is 0 Å². The molecule has 0 heterocycles. The molecule has 0 aliphatic rings. The molecule has 1 amide bonds. The van der Waals surface area contributed by atoms with Crippen LogP contribution in [0, 0.1) is 0 Å². The van der Waals surface area contributed by atoms with Crippen LogP contribution in [0.3, 0.4) is 0 Å². The Kier molecular flexibility index (Phi) is 4.32. The van der Waals surface area contributed by atoms with Gasteiger partial charge in [0.1, 0.15) is 0 Å². The lowest BCUT2D eigenvalue weighted by atomic mass is 10.7. The van der Waals surface area contributed by atoms with Gasteiger partial charge in [0.2, 0.25) is 5.91 Å². The maximum atomic E-state index is 10.5. The zero-order chi connectivity index (χ0) is 8.91. The van der Waals surface area contributed by atoms with E-state index in [9.17, 15) is 4.79 Å². The van der Waals surface area contributed by atoms with E-state index < -0.39 is 8.56 Å². The van der Waals surface area contributed by atoms with E-state index in [1.807, 2.05) is 6.55 Å². The highest BCUT2D eigenvalue weighted by Gasteiger charge is 2.28. The lowest BCUT2D eigenvalue weighted by Crippen LogP contribution is -2.48. The van der Waals surface area contributed by atoms with Crippen molar-refractivity contribution in [2.24, 2.45) is 0 Å². The summed E-state index contributed by atoms with van der Waals surface area (Å²) in [6.45, 7) is 3.36. The summed E-state index contributed by atoms with van der Waals surface area (Å²) in [6.07, 6.45) is 0.495. The van der Waals surface area contributed by atoms with Crippen LogP contribution in [0.5, 0.6) is 0 Å². The molecule has 0 aromatic rings. The first-order valence-corrected chi connectivity index (χ1v) is 5.91. The second-order valence-corrected chi connectivity index (χ2v) is 5.89. The highest BCUT2D eigenvalue weighted by molar-refractivity contribution is 6.66. The molecule has 4 nitrogen and oxygen atoms in total. The minimum absolute atomic E-state index is 0.0576. The minimum atomic E-state index is -2.09. The van der Waals surface area contributed by atoms with Crippen LogP contribution in [0.15, 0.2) is 0 Å². The predicted molar refractivity (Wildman–Crippen MR) is 44.3 cm³/mol. The van der Waals surface area contributed by atoms with Crippen molar-refractivity contribution < 1.29 is 13.6 Å². The molecule has 1 N–H and O–H groups in total. The smallest absolute Gasteiger partial charge is 0.354 e. The number of amides is 1. The zero-order valence-electron chi connectivity index (χ0n) is 7.43. The predicted octanol–water partition coefficient (Wildman–Crippen LogP) is 0.0265. The molecule has 0 unspecified atom stereocenters. The third-order valence-corrected chi connectivity index (χ3v) is 4.07. The number of rotatable bonds is 4. The average molecular weight is 177 g/mol. The van der Waals surface area contributed by atoms with Crippen LogP contribution in [0.25, 0.3) is 0 Å². The van der Waals surface area contributed by atoms with Gasteiger partial charge in [0.15, 0.2) is 0 Å².